The molecule has 0 atom stereocenters. The first-order valence-corrected chi connectivity index (χ1v) is 17.3. The van der Waals surface area contributed by atoms with E-state index >= 15 is 0 Å². The van der Waals surface area contributed by atoms with E-state index in [0.29, 0.717) is 20.8 Å². The molecule has 0 unspecified atom stereocenters. The van der Waals surface area contributed by atoms with Crippen LogP contribution in [0.5, 0.6) is 0 Å². The van der Waals surface area contributed by atoms with Gasteiger partial charge < -0.3 is 9.47 Å². The van der Waals surface area contributed by atoms with Gasteiger partial charge in [-0.15, -0.1) is 11.3 Å². The van der Waals surface area contributed by atoms with E-state index in [1.807, 2.05) is 0 Å². The molecule has 3 heteroatoms. The van der Waals surface area contributed by atoms with Crippen LogP contribution < -0.4 is 4.90 Å². The van der Waals surface area contributed by atoms with Crippen molar-refractivity contribution in [2.45, 2.75) is 0 Å². The fraction of sp³-hybridized carbons (Fsp3) is 0. The van der Waals surface area contributed by atoms with E-state index in [0.717, 1.165) is 0 Å². The Morgan fingerprint density at radius 1 is 0.386 bits per heavy atom. The molecule has 2 aromatic heterocycles. The third-order valence-corrected chi connectivity index (χ3v) is 9.80. The molecule has 0 aliphatic heterocycles. The standard InChI is InChI=1S/C54H36N2S/c1-3-15-37(16-4-1)39-27-31-41(32-28-39)55(42-33-29-40(30-34-42)38-17-5-2-6-18-38)51-36-35-46-45-21-10-14-26-52(45)57-54(46)53(51)47-22-9-13-25-50(47)56-48-23-11-7-19-43(48)44-20-8-12-24-49(44)56/h1-36H/i1D,2D,3D,4D,5D,6D,7D,8D,9D,10D,11D,12D,13D,14D,15D,16D,17D,18D,19D,20D,21D,22D,23D,24D,25D,26D,27D,28D,29D,30D,31D,32D,33D,34D,35D,36D. The molecule has 0 amide bonds. The first kappa shape index (κ1) is 12.9. The van der Waals surface area contributed by atoms with Gasteiger partial charge in [-0.05, 0) is 76.6 Å². The Morgan fingerprint density at radius 2 is 0.860 bits per heavy atom. The smallest absolute Gasteiger partial charge is 0.0645 e. The van der Waals surface area contributed by atoms with Crippen LogP contribution in [0.15, 0.2) is 218 Å². The Balaban J connectivity index is 1.49. The Hall–Kier alpha value is -7.20. The molecule has 9 aromatic carbocycles. The van der Waals surface area contributed by atoms with Gasteiger partial charge in [-0.2, -0.15) is 0 Å². The van der Waals surface area contributed by atoms with Crippen LogP contribution in [0.3, 0.4) is 0 Å². The lowest BCUT2D eigenvalue weighted by Gasteiger charge is -2.29. The molecule has 11 rings (SSSR count). The van der Waals surface area contributed by atoms with Crippen LogP contribution in [0.2, 0.25) is 0 Å². The third kappa shape index (κ3) is 5.63. The van der Waals surface area contributed by atoms with Crippen molar-refractivity contribution in [3.63, 3.8) is 0 Å². The molecule has 2 heterocycles. The van der Waals surface area contributed by atoms with E-state index in [1.165, 1.54) is 0 Å². The fourth-order valence-electron chi connectivity index (χ4n) is 6.28. The summed E-state index contributed by atoms with van der Waals surface area (Å²) in [6.07, 6.45) is 0. The number of para-hydroxylation sites is 3. The maximum atomic E-state index is 10.3. The first-order valence-electron chi connectivity index (χ1n) is 34.5. The highest BCUT2D eigenvalue weighted by molar-refractivity contribution is 7.26. The van der Waals surface area contributed by atoms with Gasteiger partial charge in [-0.1, -0.05) is 163 Å². The van der Waals surface area contributed by atoms with Crippen molar-refractivity contribution in [2.24, 2.45) is 0 Å². The minimum Gasteiger partial charge on any atom is -0.310 e. The SMILES string of the molecule is [2H]c1c([2H])c([2H])c(-c2c([2H])c([2H])c(N(c3c([2H])c([2H])c(-c4c([2H])c([2H])c([2H])c([2H])c4[2H])c([2H])c3[2H])c3c([2H])c([2H])c4c(sc5c([2H])c([2H])c([2H])c([2H])c54)c3-c3c([2H])c([2H])c([2H])c([2H])c3-n3c4c([2H])c([2H])c([2H])c([2H])c4c4c([2H])c([2H])c([2H])c([2H])c43)c([2H])c2[2H])c([2H])c1[2H]. The lowest BCUT2D eigenvalue weighted by atomic mass is 9.96. The number of hydrogen-bond acceptors (Lipinski definition) is 2. The van der Waals surface area contributed by atoms with Crippen LogP contribution in [0.4, 0.5) is 17.1 Å². The van der Waals surface area contributed by atoms with E-state index in [-0.39, 0.29) is 0 Å². The average molecular weight is 781 g/mol. The van der Waals surface area contributed by atoms with Gasteiger partial charge in [0.2, 0.25) is 0 Å². The van der Waals surface area contributed by atoms with Crippen LogP contribution in [0.25, 0.3) is 81.0 Å². The predicted octanol–water partition coefficient (Wildman–Crippen LogP) is 15.6. The molecule has 0 bridgehead atoms. The van der Waals surface area contributed by atoms with Crippen LogP contribution in [0, 0.1) is 0 Å². The fourth-order valence-corrected chi connectivity index (χ4v) is 7.39. The lowest BCUT2D eigenvalue weighted by molar-refractivity contribution is 1.18. The predicted molar refractivity (Wildman–Crippen MR) is 245 cm³/mol. The minimum atomic E-state index is -1.40. The number of fused-ring (bicyclic) bond motifs is 6. The summed E-state index contributed by atoms with van der Waals surface area (Å²) in [5, 5.41) is -2.51. The number of rotatable bonds is 7. The van der Waals surface area contributed by atoms with Gasteiger partial charge in [0.15, 0.2) is 0 Å². The second-order valence-electron chi connectivity index (χ2n) is 11.8. The van der Waals surface area contributed by atoms with Gasteiger partial charge in [0.25, 0.3) is 0 Å². The number of hydrogen-bond donors (Lipinski definition) is 0. The zero-order valence-corrected chi connectivity index (χ0v) is 29.1. The number of benzene rings is 9. The zero-order valence-electron chi connectivity index (χ0n) is 64.3. The number of nitrogens with zero attached hydrogens (tertiary/aromatic N) is 2. The van der Waals surface area contributed by atoms with Crippen LogP contribution >= 0.6 is 11.3 Å². The Labute approximate surface area is 386 Å². The van der Waals surface area contributed by atoms with Crippen molar-refractivity contribution in [1.29, 1.82) is 0 Å². The highest BCUT2D eigenvalue weighted by atomic mass is 32.1. The highest BCUT2D eigenvalue weighted by Crippen LogP contribution is 2.50. The molecule has 2 nitrogen and oxygen atoms in total. The van der Waals surface area contributed by atoms with Crippen LogP contribution in [-0.4, -0.2) is 4.57 Å². The van der Waals surface area contributed by atoms with Crippen LogP contribution in [-0.2, 0) is 0 Å². The van der Waals surface area contributed by atoms with E-state index < -0.39 is 316 Å². The minimum absolute atomic E-state index is 0.294. The van der Waals surface area contributed by atoms with Crippen molar-refractivity contribution in [3.8, 4) is 39.1 Å². The summed E-state index contributed by atoms with van der Waals surface area (Å²) in [5.74, 6) is 0. The van der Waals surface area contributed by atoms with E-state index in [9.17, 15) is 26.0 Å². The van der Waals surface area contributed by atoms with Gasteiger partial charge in [-0.3, -0.25) is 0 Å². The molecule has 0 aliphatic carbocycles. The Bertz CT molecular complexity index is 5030. The van der Waals surface area contributed by atoms with Gasteiger partial charge in [0.1, 0.15) is 0 Å². The summed E-state index contributed by atoms with van der Waals surface area (Å²) < 4.78 is 330. The number of anilines is 3. The summed E-state index contributed by atoms with van der Waals surface area (Å²) in [4.78, 5) is 0.294. The third-order valence-electron chi connectivity index (χ3n) is 8.67. The van der Waals surface area contributed by atoms with E-state index in [2.05, 4.69) is 0 Å². The zero-order chi connectivity index (χ0) is 69.0. The molecule has 0 spiro atoms. The van der Waals surface area contributed by atoms with Gasteiger partial charge in [0.05, 0.1) is 71.8 Å². The summed E-state index contributed by atoms with van der Waals surface area (Å²) in [6, 6.07) is -39.9. The first-order chi connectivity index (χ1) is 43.3. The quantitative estimate of drug-likeness (QED) is 0.156. The number of aromatic nitrogens is 1. The molecule has 57 heavy (non-hydrogen) atoms. The van der Waals surface area contributed by atoms with Crippen LogP contribution in [0.1, 0.15) is 49.3 Å². The van der Waals surface area contributed by atoms with Gasteiger partial charge in [0, 0.05) is 53.4 Å². The molecule has 0 saturated carbocycles. The van der Waals surface area contributed by atoms with E-state index in [1.54, 1.807) is 0 Å². The summed E-state index contributed by atoms with van der Waals surface area (Å²) in [7, 11) is 0. The largest absolute Gasteiger partial charge is 0.310 e. The topological polar surface area (TPSA) is 8.17 Å². The molecule has 11 aromatic rings. The van der Waals surface area contributed by atoms with Crippen molar-refractivity contribution in [3.05, 3.63) is 218 Å². The lowest BCUT2D eigenvalue weighted by Crippen LogP contribution is -2.12. The van der Waals surface area contributed by atoms with Crippen molar-refractivity contribution in [1.82, 2.24) is 4.57 Å². The van der Waals surface area contributed by atoms with E-state index in [4.69, 9.17) is 23.3 Å². The molecule has 0 fully saturated rings. The Morgan fingerprint density at radius 3 is 1.46 bits per heavy atom. The average Bonchev–Trinajstić information content (AvgIpc) is 1.62. The molecule has 268 valence electrons. The monoisotopic (exact) mass is 780 g/mol. The Kier molecular flexibility index (Phi) is 3.13. The molecule has 0 radical (unpaired) electrons. The van der Waals surface area contributed by atoms with Crippen molar-refractivity contribution in [2.75, 3.05) is 4.90 Å². The summed E-state index contributed by atoms with van der Waals surface area (Å²) in [5.41, 5.74) is -12.4. The molecule has 0 saturated heterocycles. The number of thiophene rings is 1. The summed E-state index contributed by atoms with van der Waals surface area (Å²) >= 11 is 0.325. The maximum Gasteiger partial charge on any atom is 0.0645 e. The molecule has 0 N–H and O–H groups in total. The normalized spacial score (nSPS) is 20.4. The van der Waals surface area contributed by atoms with Crippen molar-refractivity contribution >= 4 is 70.4 Å². The summed E-state index contributed by atoms with van der Waals surface area (Å²) in [6.45, 7) is 0. The molecular weight excluding hydrogens is 709 g/mol. The maximum absolute atomic E-state index is 10.3. The second-order valence-corrected chi connectivity index (χ2v) is 12.8. The van der Waals surface area contributed by atoms with Gasteiger partial charge in [-0.25, -0.2) is 0 Å². The molecular formula is C54H36N2S. The van der Waals surface area contributed by atoms with Gasteiger partial charge >= 0.3 is 0 Å². The van der Waals surface area contributed by atoms with Crippen molar-refractivity contribution < 1.29 is 49.3 Å². The molecule has 0 aliphatic rings. The second kappa shape index (κ2) is 13.8. The highest BCUT2D eigenvalue weighted by Gasteiger charge is 2.25.